The minimum Gasteiger partial charge on any atom is -0.495 e. The molecule has 1 fully saturated rings. The van der Waals surface area contributed by atoms with Crippen LogP contribution in [-0.4, -0.2) is 45.7 Å². The predicted molar refractivity (Wildman–Crippen MR) is 109 cm³/mol. The molecule has 1 aliphatic rings. The maximum absolute atomic E-state index is 12.5. The first-order valence-electron chi connectivity index (χ1n) is 9.21. The van der Waals surface area contributed by atoms with Gasteiger partial charge < -0.3 is 14.4 Å². The van der Waals surface area contributed by atoms with Gasteiger partial charge in [0.2, 0.25) is 11.0 Å². The molecule has 0 radical (unpaired) electrons. The van der Waals surface area contributed by atoms with Crippen molar-refractivity contribution in [1.82, 2.24) is 25.0 Å². The van der Waals surface area contributed by atoms with E-state index in [1.807, 2.05) is 19.1 Å². The van der Waals surface area contributed by atoms with E-state index in [-0.39, 0.29) is 5.56 Å². The van der Waals surface area contributed by atoms with Crippen LogP contribution in [0.1, 0.15) is 23.0 Å². The van der Waals surface area contributed by atoms with Gasteiger partial charge in [0, 0.05) is 37.7 Å². The Labute approximate surface area is 171 Å². The summed E-state index contributed by atoms with van der Waals surface area (Å²) in [4.78, 5) is 18.7. The van der Waals surface area contributed by atoms with Gasteiger partial charge in [-0.25, -0.2) is 4.68 Å². The molecule has 1 saturated carbocycles. The minimum atomic E-state index is -0.223. The van der Waals surface area contributed by atoms with E-state index >= 15 is 0 Å². The van der Waals surface area contributed by atoms with Crippen molar-refractivity contribution in [2.45, 2.75) is 19.3 Å². The Bertz CT molecular complexity index is 1060. The van der Waals surface area contributed by atoms with Gasteiger partial charge in [0.05, 0.1) is 19.9 Å². The van der Waals surface area contributed by atoms with Crippen LogP contribution in [0.25, 0.3) is 0 Å². The standard InChI is InChI=1S/C19H22N6O3S/c1-11-21-22-19(29-11)24(2)16-8-17(23-25(3)18(16)26)28-10-12-7-14(12)15-6-5-13(27-4)9-20-15/h5-6,8-9,12,14H,7,10H2,1-4H3/t12-,14+/m1/s1. The number of pyridine rings is 1. The summed E-state index contributed by atoms with van der Waals surface area (Å²) >= 11 is 1.42. The van der Waals surface area contributed by atoms with Gasteiger partial charge in [-0.1, -0.05) is 11.3 Å². The van der Waals surface area contributed by atoms with Gasteiger partial charge in [0.25, 0.3) is 5.56 Å². The SMILES string of the molecule is COc1ccc([C@H]2C[C@@H]2COc2cc(N(C)c3nnc(C)s3)c(=O)n(C)n2)nc1. The van der Waals surface area contributed by atoms with Crippen molar-refractivity contribution in [3.8, 4) is 11.6 Å². The number of aryl methyl sites for hydroxylation is 2. The van der Waals surface area contributed by atoms with Gasteiger partial charge in [-0.3, -0.25) is 9.78 Å². The summed E-state index contributed by atoms with van der Waals surface area (Å²) in [6.07, 6.45) is 2.75. The molecule has 152 valence electrons. The molecule has 1 aliphatic carbocycles. The number of aromatic nitrogens is 5. The van der Waals surface area contributed by atoms with Crippen LogP contribution in [0.3, 0.4) is 0 Å². The quantitative estimate of drug-likeness (QED) is 0.581. The first kappa shape index (κ1) is 19.3. The maximum Gasteiger partial charge on any atom is 0.290 e. The van der Waals surface area contributed by atoms with E-state index in [9.17, 15) is 4.79 Å². The van der Waals surface area contributed by atoms with Gasteiger partial charge in [0.15, 0.2) is 0 Å². The molecule has 0 amide bonds. The molecule has 0 N–H and O–H groups in total. The average Bonchev–Trinajstić information content (AvgIpc) is 3.38. The van der Waals surface area contributed by atoms with Crippen molar-refractivity contribution in [2.75, 3.05) is 25.7 Å². The summed E-state index contributed by atoms with van der Waals surface area (Å²) in [6, 6.07) is 5.57. The molecule has 0 aliphatic heterocycles. The second-order valence-corrected chi connectivity index (χ2v) is 8.16. The molecule has 10 heteroatoms. The number of hydrogen-bond acceptors (Lipinski definition) is 9. The lowest BCUT2D eigenvalue weighted by Gasteiger charge is -2.16. The van der Waals surface area contributed by atoms with E-state index < -0.39 is 0 Å². The van der Waals surface area contributed by atoms with Crippen molar-refractivity contribution >= 4 is 22.2 Å². The van der Waals surface area contributed by atoms with Crippen LogP contribution in [0, 0.1) is 12.8 Å². The third kappa shape index (κ3) is 4.07. The maximum atomic E-state index is 12.5. The van der Waals surface area contributed by atoms with E-state index in [2.05, 4.69) is 20.3 Å². The zero-order valence-corrected chi connectivity index (χ0v) is 17.5. The van der Waals surface area contributed by atoms with Crippen LogP contribution >= 0.6 is 11.3 Å². The molecule has 0 unspecified atom stereocenters. The molecule has 2 atom stereocenters. The summed E-state index contributed by atoms with van der Waals surface area (Å²) in [7, 11) is 5.02. The molecule has 9 nitrogen and oxygen atoms in total. The number of rotatable bonds is 7. The second kappa shape index (κ2) is 7.78. The number of ether oxygens (including phenoxy) is 2. The first-order chi connectivity index (χ1) is 14.0. The number of anilines is 2. The zero-order valence-electron chi connectivity index (χ0n) is 16.7. The molecular formula is C19H22N6O3S. The monoisotopic (exact) mass is 414 g/mol. The van der Waals surface area contributed by atoms with Crippen molar-refractivity contribution in [3.63, 3.8) is 0 Å². The summed E-state index contributed by atoms with van der Waals surface area (Å²) < 4.78 is 12.3. The highest BCUT2D eigenvalue weighted by molar-refractivity contribution is 7.15. The lowest BCUT2D eigenvalue weighted by Crippen LogP contribution is -2.27. The molecule has 29 heavy (non-hydrogen) atoms. The van der Waals surface area contributed by atoms with E-state index in [0.717, 1.165) is 22.9 Å². The molecule has 3 aromatic rings. The molecule has 3 heterocycles. The highest BCUT2D eigenvalue weighted by atomic mass is 32.1. The number of nitrogens with zero attached hydrogens (tertiary/aromatic N) is 6. The third-order valence-corrected chi connectivity index (χ3v) is 5.84. The first-order valence-corrected chi connectivity index (χ1v) is 10.0. The Kier molecular flexibility index (Phi) is 5.18. The summed E-state index contributed by atoms with van der Waals surface area (Å²) in [5.74, 6) is 1.91. The highest BCUT2D eigenvalue weighted by Gasteiger charge is 2.40. The lowest BCUT2D eigenvalue weighted by atomic mass is 10.2. The highest BCUT2D eigenvalue weighted by Crippen LogP contribution is 2.46. The Hall–Kier alpha value is -3.01. The Morgan fingerprint density at radius 1 is 1.34 bits per heavy atom. The van der Waals surface area contributed by atoms with Gasteiger partial charge in [-0.15, -0.1) is 15.3 Å². The molecule has 0 bridgehead atoms. The van der Waals surface area contributed by atoms with Crippen molar-refractivity contribution < 1.29 is 9.47 Å². The zero-order chi connectivity index (χ0) is 20.5. The van der Waals surface area contributed by atoms with Gasteiger partial charge in [-0.05, 0) is 25.5 Å². The fraction of sp³-hybridized carbons (Fsp3) is 0.421. The average molecular weight is 414 g/mol. The summed E-state index contributed by atoms with van der Waals surface area (Å²) in [5, 5.41) is 13.8. The second-order valence-electron chi connectivity index (χ2n) is 7.00. The number of hydrogen-bond donors (Lipinski definition) is 0. The fourth-order valence-electron chi connectivity index (χ4n) is 3.12. The van der Waals surface area contributed by atoms with Gasteiger partial charge >= 0.3 is 0 Å². The van der Waals surface area contributed by atoms with E-state index in [0.29, 0.717) is 35.1 Å². The van der Waals surface area contributed by atoms with E-state index in [1.165, 1.54) is 16.0 Å². The molecule has 0 aromatic carbocycles. The van der Waals surface area contributed by atoms with Crippen LogP contribution in [0.4, 0.5) is 10.8 Å². The van der Waals surface area contributed by atoms with Crippen LogP contribution in [-0.2, 0) is 7.05 Å². The van der Waals surface area contributed by atoms with Crippen molar-refractivity contribution in [1.29, 1.82) is 0 Å². The van der Waals surface area contributed by atoms with Gasteiger partial charge in [0.1, 0.15) is 16.4 Å². The smallest absolute Gasteiger partial charge is 0.290 e. The van der Waals surface area contributed by atoms with E-state index in [1.54, 1.807) is 38.4 Å². The van der Waals surface area contributed by atoms with Crippen LogP contribution in [0.5, 0.6) is 11.6 Å². The molecular weight excluding hydrogens is 392 g/mol. The van der Waals surface area contributed by atoms with Crippen molar-refractivity contribution in [3.05, 3.63) is 45.5 Å². The predicted octanol–water partition coefficient (Wildman–Crippen LogP) is 2.29. The molecule has 4 rings (SSSR count). The van der Waals surface area contributed by atoms with Crippen molar-refractivity contribution in [2.24, 2.45) is 13.0 Å². The van der Waals surface area contributed by atoms with Crippen LogP contribution < -0.4 is 19.9 Å². The molecule has 0 saturated heterocycles. The lowest BCUT2D eigenvalue weighted by molar-refractivity contribution is 0.278. The minimum absolute atomic E-state index is 0.223. The Morgan fingerprint density at radius 2 is 2.17 bits per heavy atom. The Morgan fingerprint density at radius 3 is 2.83 bits per heavy atom. The van der Waals surface area contributed by atoms with Crippen LogP contribution in [0.2, 0.25) is 0 Å². The van der Waals surface area contributed by atoms with E-state index in [4.69, 9.17) is 9.47 Å². The Balaban J connectivity index is 1.44. The van der Waals surface area contributed by atoms with Gasteiger partial charge in [-0.2, -0.15) is 0 Å². The fourth-order valence-corrected chi connectivity index (χ4v) is 3.78. The normalized spacial score (nSPS) is 17.8. The third-order valence-electron chi connectivity index (χ3n) is 4.93. The molecule has 0 spiro atoms. The van der Waals surface area contributed by atoms with Crippen LogP contribution in [0.15, 0.2) is 29.2 Å². The summed E-state index contributed by atoms with van der Waals surface area (Å²) in [5.41, 5.74) is 1.26. The molecule has 3 aromatic heterocycles. The largest absolute Gasteiger partial charge is 0.495 e. The number of methoxy groups -OCH3 is 1. The topological polar surface area (TPSA) is 95.3 Å². The summed E-state index contributed by atoms with van der Waals surface area (Å²) in [6.45, 7) is 2.39.